The fraction of sp³-hybridized carbons (Fsp3) is 0.500. The Morgan fingerprint density at radius 3 is 2.74 bits per heavy atom. The molecule has 1 aliphatic carbocycles. The molecule has 0 N–H and O–H groups in total. The Bertz CT molecular complexity index is 452. The van der Waals surface area contributed by atoms with Crippen LogP contribution in [0.4, 0.5) is 0 Å². The van der Waals surface area contributed by atoms with Crippen LogP contribution in [0.25, 0.3) is 0 Å². The maximum Gasteiger partial charge on any atom is 0.333 e. The Hall–Kier alpha value is -0.980. The van der Waals surface area contributed by atoms with E-state index in [2.05, 4.69) is 26.5 Å². The monoisotopic (exact) mass is 279 g/mol. The van der Waals surface area contributed by atoms with Crippen molar-refractivity contribution in [3.05, 3.63) is 36.0 Å². The van der Waals surface area contributed by atoms with Crippen LogP contribution in [0, 0.1) is 16.7 Å². The van der Waals surface area contributed by atoms with Crippen LogP contribution in [0.15, 0.2) is 36.0 Å². The minimum Gasteiger partial charge on any atom is -0.312 e. The second-order valence-electron chi connectivity index (χ2n) is 5.40. The van der Waals surface area contributed by atoms with Crippen molar-refractivity contribution in [2.75, 3.05) is 13.2 Å². The fourth-order valence-corrected chi connectivity index (χ4v) is 3.26. The van der Waals surface area contributed by atoms with E-state index in [0.717, 1.165) is 12.0 Å². The van der Waals surface area contributed by atoms with Gasteiger partial charge in [0.2, 0.25) is 0 Å². The lowest BCUT2D eigenvalue weighted by molar-refractivity contribution is 0.0240. The van der Waals surface area contributed by atoms with Crippen LogP contribution >= 0.6 is 8.60 Å². The third-order valence-corrected chi connectivity index (χ3v) is 3.94. The normalized spacial score (nSPS) is 23.7. The van der Waals surface area contributed by atoms with Crippen LogP contribution < -0.4 is 0 Å². The van der Waals surface area contributed by atoms with Crippen LogP contribution in [-0.2, 0) is 13.6 Å². The summed E-state index contributed by atoms with van der Waals surface area (Å²) in [5.74, 6) is 0. The first kappa shape index (κ1) is 14.4. The Kier molecular flexibility index (Phi) is 4.54. The molecule has 0 saturated carbocycles. The minimum absolute atomic E-state index is 0.0104. The molecule has 0 amide bonds. The van der Waals surface area contributed by atoms with E-state index in [1.807, 2.05) is 18.2 Å². The first-order chi connectivity index (χ1) is 9.02. The largest absolute Gasteiger partial charge is 0.333 e. The number of nitriles is 1. The Labute approximate surface area is 115 Å². The Morgan fingerprint density at radius 1 is 1.53 bits per heavy atom. The number of rotatable bonds is 4. The van der Waals surface area contributed by atoms with Gasteiger partial charge < -0.3 is 9.05 Å². The minimum atomic E-state index is -1.41. The molecule has 19 heavy (non-hydrogen) atoms. The molecule has 1 unspecified atom stereocenters. The van der Waals surface area contributed by atoms with Crippen LogP contribution in [0.3, 0.4) is 0 Å². The summed E-state index contributed by atoms with van der Waals surface area (Å²) in [6, 6.07) is 2.05. The van der Waals surface area contributed by atoms with E-state index in [9.17, 15) is 0 Å². The highest BCUT2D eigenvalue weighted by Crippen LogP contribution is 2.49. The molecule has 4 nitrogen and oxygen atoms in total. The summed E-state index contributed by atoms with van der Waals surface area (Å²) in [6.07, 6.45) is 6.40. The van der Waals surface area contributed by atoms with Crippen LogP contribution in [-0.4, -0.2) is 19.3 Å². The van der Waals surface area contributed by atoms with Gasteiger partial charge in [0.1, 0.15) is 6.10 Å². The van der Waals surface area contributed by atoms with E-state index in [0.29, 0.717) is 18.8 Å². The van der Waals surface area contributed by atoms with Crippen molar-refractivity contribution in [3.63, 3.8) is 0 Å². The zero-order chi connectivity index (χ0) is 13.9. The molecule has 0 spiro atoms. The molecule has 0 aromatic rings. The van der Waals surface area contributed by atoms with E-state index in [4.69, 9.17) is 18.8 Å². The lowest BCUT2D eigenvalue weighted by atomic mass is 9.97. The average Bonchev–Trinajstić information content (AvgIpc) is 2.90. The molecule has 0 bridgehead atoms. The highest BCUT2D eigenvalue weighted by Gasteiger charge is 2.33. The first-order valence-corrected chi connectivity index (χ1v) is 7.30. The summed E-state index contributed by atoms with van der Waals surface area (Å²) in [5.41, 5.74) is 1.33. The zero-order valence-electron chi connectivity index (χ0n) is 11.3. The molecule has 2 rings (SSSR count). The van der Waals surface area contributed by atoms with E-state index < -0.39 is 14.7 Å². The molecule has 2 aliphatic rings. The van der Waals surface area contributed by atoms with Gasteiger partial charge in [-0.3, -0.25) is 4.52 Å². The molecule has 0 aromatic carbocycles. The third-order valence-electron chi connectivity index (χ3n) is 2.88. The van der Waals surface area contributed by atoms with Crippen molar-refractivity contribution in [2.24, 2.45) is 5.41 Å². The predicted molar refractivity (Wildman–Crippen MR) is 74.1 cm³/mol. The van der Waals surface area contributed by atoms with Gasteiger partial charge in [-0.2, -0.15) is 5.26 Å². The lowest BCUT2D eigenvalue weighted by Gasteiger charge is -2.34. The van der Waals surface area contributed by atoms with Gasteiger partial charge in [0.25, 0.3) is 0 Å². The molecule has 1 fully saturated rings. The molecule has 1 atom stereocenters. The molecule has 0 aromatic heterocycles. The first-order valence-electron chi connectivity index (χ1n) is 6.20. The Morgan fingerprint density at radius 2 is 2.21 bits per heavy atom. The summed E-state index contributed by atoms with van der Waals surface area (Å²) in [6.45, 7) is 9.10. The average molecular weight is 279 g/mol. The number of allylic oxidation sites excluding steroid dienone is 2. The highest BCUT2D eigenvalue weighted by atomic mass is 31.2. The smallest absolute Gasteiger partial charge is 0.312 e. The van der Waals surface area contributed by atoms with Gasteiger partial charge in [-0.05, 0) is 12.0 Å². The lowest BCUT2D eigenvalue weighted by Crippen LogP contribution is -2.29. The predicted octanol–water partition coefficient (Wildman–Crippen LogP) is 3.64. The molecule has 102 valence electrons. The molecule has 0 radical (unpaired) electrons. The Balaban J connectivity index is 2.00. The second-order valence-corrected chi connectivity index (χ2v) is 6.57. The third kappa shape index (κ3) is 3.75. The topological polar surface area (TPSA) is 51.5 Å². The number of nitrogens with zero attached hydrogens (tertiary/aromatic N) is 1. The van der Waals surface area contributed by atoms with Crippen molar-refractivity contribution in [1.29, 1.82) is 5.26 Å². The van der Waals surface area contributed by atoms with Gasteiger partial charge in [0.05, 0.1) is 24.9 Å². The van der Waals surface area contributed by atoms with Crippen molar-refractivity contribution >= 4 is 8.60 Å². The van der Waals surface area contributed by atoms with E-state index in [-0.39, 0.29) is 5.41 Å². The molecule has 1 saturated heterocycles. The molecular formula is C14H18NO3P. The summed E-state index contributed by atoms with van der Waals surface area (Å²) in [7, 11) is -1.41. The van der Waals surface area contributed by atoms with Gasteiger partial charge in [-0.15, -0.1) is 0 Å². The van der Waals surface area contributed by atoms with Gasteiger partial charge >= 0.3 is 8.60 Å². The van der Waals surface area contributed by atoms with Gasteiger partial charge in [-0.25, -0.2) is 0 Å². The van der Waals surface area contributed by atoms with Crippen molar-refractivity contribution in [2.45, 2.75) is 26.4 Å². The van der Waals surface area contributed by atoms with E-state index in [1.54, 1.807) is 0 Å². The standard InChI is InChI=1S/C14H18NO3P/c1-11(8-15)13(12-6-4-5-7-12)18-19-16-9-14(2,3)10-17-19/h4,6-7,13H,1,5,9-10H2,2-3H3. The zero-order valence-corrected chi connectivity index (χ0v) is 12.2. The van der Waals surface area contributed by atoms with Gasteiger partial charge in [0, 0.05) is 5.41 Å². The van der Waals surface area contributed by atoms with Gasteiger partial charge in [0.15, 0.2) is 0 Å². The maximum absolute atomic E-state index is 9.02. The second kappa shape index (κ2) is 5.98. The van der Waals surface area contributed by atoms with Crippen molar-refractivity contribution in [3.8, 4) is 6.07 Å². The van der Waals surface area contributed by atoms with Crippen molar-refractivity contribution < 1.29 is 13.6 Å². The fourth-order valence-electron chi connectivity index (χ4n) is 1.74. The molecule has 5 heteroatoms. The summed E-state index contributed by atoms with van der Waals surface area (Å²) in [5, 5.41) is 9.02. The molecule has 1 heterocycles. The van der Waals surface area contributed by atoms with Crippen LogP contribution in [0.5, 0.6) is 0 Å². The quantitative estimate of drug-likeness (QED) is 0.582. The van der Waals surface area contributed by atoms with E-state index in [1.165, 1.54) is 0 Å². The SMILES string of the molecule is C=C(C#N)C(OP1OCC(C)(C)CO1)C1=CCC=C1. The molecular weight excluding hydrogens is 261 g/mol. The summed E-state index contributed by atoms with van der Waals surface area (Å²) >= 11 is 0. The molecule has 1 aliphatic heterocycles. The van der Waals surface area contributed by atoms with Crippen LogP contribution in [0.1, 0.15) is 20.3 Å². The van der Waals surface area contributed by atoms with Crippen molar-refractivity contribution in [1.82, 2.24) is 0 Å². The van der Waals surface area contributed by atoms with Gasteiger partial charge in [-0.1, -0.05) is 38.7 Å². The summed E-state index contributed by atoms with van der Waals surface area (Å²) in [4.78, 5) is 0. The van der Waals surface area contributed by atoms with Crippen LogP contribution in [0.2, 0.25) is 0 Å². The van der Waals surface area contributed by atoms with E-state index >= 15 is 0 Å². The maximum atomic E-state index is 9.02. The summed E-state index contributed by atoms with van der Waals surface area (Å²) < 4.78 is 17.0. The highest BCUT2D eigenvalue weighted by molar-refractivity contribution is 7.41. The number of hydrogen-bond acceptors (Lipinski definition) is 4. The number of hydrogen-bond donors (Lipinski definition) is 0.